The standard InChI is InChI=1S/C36H41F3N6O2/c1-6-44-16-18-45(19-17-44)22-25-12-13-26(21-30(25)36(37,38)39)41-33(46)24-11-10-23(2)31(20-24)42-34(47)29-9-7-8-28-27(29)14-15-40-32(28)43-35(3,4)5/h7-15,20-21H,6,16-19,22H2,1-5H3,(H,40,43)(H,41,46)(H,42,47). The van der Waals surface area contributed by atoms with Crippen LogP contribution in [-0.4, -0.2) is 64.9 Å². The highest BCUT2D eigenvalue weighted by molar-refractivity contribution is 6.15. The van der Waals surface area contributed by atoms with E-state index in [1.807, 2.05) is 31.7 Å². The topological polar surface area (TPSA) is 89.6 Å². The Hall–Kier alpha value is -4.48. The Balaban J connectivity index is 1.33. The minimum atomic E-state index is -4.58. The highest BCUT2D eigenvalue weighted by Gasteiger charge is 2.34. The summed E-state index contributed by atoms with van der Waals surface area (Å²) in [5.74, 6) is -0.298. The first-order chi connectivity index (χ1) is 22.2. The molecule has 1 fully saturated rings. The van der Waals surface area contributed by atoms with Gasteiger partial charge in [-0.15, -0.1) is 0 Å². The number of carbonyl (C=O) groups is 2. The fourth-order valence-corrected chi connectivity index (χ4v) is 5.71. The number of carbonyl (C=O) groups excluding carboxylic acids is 2. The van der Waals surface area contributed by atoms with Crippen molar-refractivity contribution in [2.75, 3.05) is 48.7 Å². The Kier molecular flexibility index (Phi) is 9.88. The van der Waals surface area contributed by atoms with E-state index in [0.717, 1.165) is 36.7 Å². The monoisotopic (exact) mass is 646 g/mol. The molecule has 0 spiro atoms. The number of amides is 2. The van der Waals surface area contributed by atoms with E-state index in [-0.39, 0.29) is 34.8 Å². The fourth-order valence-electron chi connectivity index (χ4n) is 5.71. The Morgan fingerprint density at radius 3 is 2.26 bits per heavy atom. The number of aryl methyl sites for hydroxylation is 1. The molecule has 2 heterocycles. The van der Waals surface area contributed by atoms with Gasteiger partial charge in [-0.3, -0.25) is 14.5 Å². The van der Waals surface area contributed by atoms with Gasteiger partial charge in [-0.25, -0.2) is 4.98 Å². The summed E-state index contributed by atoms with van der Waals surface area (Å²) in [6.07, 6.45) is -2.93. The molecule has 11 heteroatoms. The third kappa shape index (κ3) is 8.28. The van der Waals surface area contributed by atoms with E-state index < -0.39 is 17.6 Å². The molecule has 3 N–H and O–H groups in total. The van der Waals surface area contributed by atoms with Crippen molar-refractivity contribution < 1.29 is 22.8 Å². The molecule has 0 radical (unpaired) electrons. The lowest BCUT2D eigenvalue weighted by atomic mass is 10.0. The molecule has 4 aromatic rings. The minimum Gasteiger partial charge on any atom is -0.365 e. The van der Waals surface area contributed by atoms with E-state index in [1.165, 1.54) is 18.2 Å². The highest BCUT2D eigenvalue weighted by atomic mass is 19.4. The van der Waals surface area contributed by atoms with Crippen molar-refractivity contribution in [3.63, 3.8) is 0 Å². The van der Waals surface area contributed by atoms with E-state index in [2.05, 4.69) is 32.8 Å². The summed E-state index contributed by atoms with van der Waals surface area (Å²) in [4.78, 5) is 35.5. The van der Waals surface area contributed by atoms with Crippen LogP contribution >= 0.6 is 0 Å². The first-order valence-electron chi connectivity index (χ1n) is 15.8. The van der Waals surface area contributed by atoms with E-state index in [1.54, 1.807) is 43.5 Å². The van der Waals surface area contributed by atoms with Crippen LogP contribution in [0.4, 0.5) is 30.4 Å². The van der Waals surface area contributed by atoms with Gasteiger partial charge in [0.05, 0.1) is 5.56 Å². The molecular weight excluding hydrogens is 605 g/mol. The predicted octanol–water partition coefficient (Wildman–Crippen LogP) is 7.41. The highest BCUT2D eigenvalue weighted by Crippen LogP contribution is 2.35. The third-order valence-corrected chi connectivity index (χ3v) is 8.27. The van der Waals surface area contributed by atoms with Crippen LogP contribution in [0, 0.1) is 6.92 Å². The van der Waals surface area contributed by atoms with E-state index in [9.17, 15) is 22.8 Å². The molecule has 1 aliphatic heterocycles. The summed E-state index contributed by atoms with van der Waals surface area (Å²) in [5, 5.41) is 10.4. The normalized spacial score (nSPS) is 14.6. The number of aromatic nitrogens is 1. The van der Waals surface area contributed by atoms with Crippen molar-refractivity contribution in [2.24, 2.45) is 0 Å². The average molecular weight is 647 g/mol. The van der Waals surface area contributed by atoms with Crippen molar-refractivity contribution in [2.45, 2.75) is 52.9 Å². The van der Waals surface area contributed by atoms with Crippen molar-refractivity contribution in [3.8, 4) is 0 Å². The van der Waals surface area contributed by atoms with Crippen molar-refractivity contribution in [3.05, 3.63) is 94.7 Å². The van der Waals surface area contributed by atoms with E-state index in [0.29, 0.717) is 35.5 Å². The predicted molar refractivity (Wildman–Crippen MR) is 181 cm³/mol. The van der Waals surface area contributed by atoms with Gasteiger partial charge in [0.25, 0.3) is 11.8 Å². The van der Waals surface area contributed by atoms with Crippen LogP contribution in [0.1, 0.15) is 65.1 Å². The zero-order valence-electron chi connectivity index (χ0n) is 27.4. The quantitative estimate of drug-likeness (QED) is 0.185. The number of rotatable bonds is 8. The molecule has 8 nitrogen and oxygen atoms in total. The number of anilines is 3. The number of likely N-dealkylation sites (N-methyl/N-ethyl adjacent to an activating group) is 1. The van der Waals surface area contributed by atoms with Gasteiger partial charge in [-0.05, 0) is 87.2 Å². The van der Waals surface area contributed by atoms with Gasteiger partial charge >= 0.3 is 6.18 Å². The lowest BCUT2D eigenvalue weighted by molar-refractivity contribution is -0.138. The zero-order chi connectivity index (χ0) is 33.9. The lowest BCUT2D eigenvalue weighted by Crippen LogP contribution is -2.45. The molecule has 0 saturated carbocycles. The summed E-state index contributed by atoms with van der Waals surface area (Å²) >= 11 is 0. The number of nitrogens with zero attached hydrogens (tertiary/aromatic N) is 3. The largest absolute Gasteiger partial charge is 0.416 e. The van der Waals surface area contributed by atoms with Gasteiger partial charge in [0, 0.05) is 72.3 Å². The summed E-state index contributed by atoms with van der Waals surface area (Å²) in [7, 11) is 0. The molecule has 0 atom stereocenters. The van der Waals surface area contributed by atoms with Gasteiger partial charge in [0.1, 0.15) is 5.82 Å². The number of hydrogen-bond acceptors (Lipinski definition) is 6. The van der Waals surface area contributed by atoms with Crippen molar-refractivity contribution >= 4 is 39.8 Å². The Labute approximate surface area is 273 Å². The van der Waals surface area contributed by atoms with Gasteiger partial charge in [-0.1, -0.05) is 31.2 Å². The van der Waals surface area contributed by atoms with Crippen molar-refractivity contribution in [1.29, 1.82) is 0 Å². The number of fused-ring (bicyclic) bond motifs is 1. The molecule has 0 aliphatic carbocycles. The molecule has 0 unspecified atom stereocenters. The smallest absolute Gasteiger partial charge is 0.365 e. The average Bonchev–Trinajstić information content (AvgIpc) is 3.01. The summed E-state index contributed by atoms with van der Waals surface area (Å²) in [5.41, 5.74) is 0.962. The number of nitrogens with one attached hydrogen (secondary N) is 3. The molecule has 3 aromatic carbocycles. The number of hydrogen-bond donors (Lipinski definition) is 3. The third-order valence-electron chi connectivity index (χ3n) is 8.27. The molecule has 1 aromatic heterocycles. The number of halogens is 3. The lowest BCUT2D eigenvalue weighted by Gasteiger charge is -2.34. The number of benzene rings is 3. The van der Waals surface area contributed by atoms with Crippen LogP contribution in [0.2, 0.25) is 0 Å². The summed E-state index contributed by atoms with van der Waals surface area (Å²) in [6.45, 7) is 14.1. The summed E-state index contributed by atoms with van der Waals surface area (Å²) < 4.78 is 42.4. The second-order valence-electron chi connectivity index (χ2n) is 13.0. The van der Waals surface area contributed by atoms with Crippen LogP contribution in [0.15, 0.2) is 66.9 Å². The van der Waals surface area contributed by atoms with Crippen molar-refractivity contribution in [1.82, 2.24) is 14.8 Å². The van der Waals surface area contributed by atoms with Gasteiger partial charge in [-0.2, -0.15) is 13.2 Å². The van der Waals surface area contributed by atoms with Crippen LogP contribution in [0.3, 0.4) is 0 Å². The van der Waals surface area contributed by atoms with Crippen LogP contribution in [0.25, 0.3) is 10.8 Å². The minimum absolute atomic E-state index is 0.0390. The maximum Gasteiger partial charge on any atom is 0.416 e. The SMILES string of the molecule is CCN1CCN(Cc2ccc(NC(=O)c3ccc(C)c(NC(=O)c4cccc5c(NC(C)(C)C)nccc45)c3)cc2C(F)(F)F)CC1. The molecule has 1 saturated heterocycles. The first kappa shape index (κ1) is 33.9. The molecule has 2 amide bonds. The Morgan fingerprint density at radius 2 is 1.57 bits per heavy atom. The van der Waals surface area contributed by atoms with E-state index in [4.69, 9.17) is 0 Å². The first-order valence-corrected chi connectivity index (χ1v) is 15.8. The number of pyridine rings is 1. The molecular formula is C36H41F3N6O2. The fraction of sp³-hybridized carbons (Fsp3) is 0.361. The van der Waals surface area contributed by atoms with Gasteiger partial charge < -0.3 is 20.9 Å². The molecule has 248 valence electrons. The molecule has 47 heavy (non-hydrogen) atoms. The Morgan fingerprint density at radius 1 is 0.851 bits per heavy atom. The van der Waals surface area contributed by atoms with Gasteiger partial charge in [0.15, 0.2) is 0 Å². The van der Waals surface area contributed by atoms with Crippen LogP contribution in [0.5, 0.6) is 0 Å². The zero-order valence-corrected chi connectivity index (χ0v) is 27.4. The second-order valence-corrected chi connectivity index (χ2v) is 13.0. The van der Waals surface area contributed by atoms with E-state index >= 15 is 0 Å². The maximum atomic E-state index is 14.1. The molecule has 0 bridgehead atoms. The number of piperazine rings is 1. The van der Waals surface area contributed by atoms with Crippen LogP contribution < -0.4 is 16.0 Å². The second kappa shape index (κ2) is 13.7. The Bertz CT molecular complexity index is 1780. The maximum absolute atomic E-state index is 14.1. The molecule has 1 aliphatic rings. The summed E-state index contributed by atoms with van der Waals surface area (Å²) in [6, 6.07) is 15.9. The van der Waals surface area contributed by atoms with Crippen LogP contribution in [-0.2, 0) is 12.7 Å². The molecule has 5 rings (SSSR count). The number of alkyl halides is 3. The van der Waals surface area contributed by atoms with Gasteiger partial charge in [0.2, 0.25) is 0 Å².